The molecular formula is C31H22ClFN2O5. The molecule has 40 heavy (non-hydrogen) atoms. The number of anilines is 2. The Morgan fingerprint density at radius 2 is 1.40 bits per heavy atom. The molecule has 0 N–H and O–H groups in total. The second-order valence-corrected chi connectivity index (χ2v) is 9.15. The molecule has 5 rings (SSSR count). The third kappa shape index (κ3) is 5.30. The van der Waals surface area contributed by atoms with Gasteiger partial charge >= 0.3 is 6.03 Å². The van der Waals surface area contributed by atoms with Crippen LogP contribution < -0.4 is 19.3 Å². The third-order valence-electron chi connectivity index (χ3n) is 6.11. The highest BCUT2D eigenvalue weighted by Crippen LogP contribution is 2.38. The lowest BCUT2D eigenvalue weighted by Gasteiger charge is -2.34. The van der Waals surface area contributed by atoms with Crippen molar-refractivity contribution in [2.24, 2.45) is 0 Å². The number of hydrogen-bond acceptors (Lipinski definition) is 5. The minimum Gasteiger partial charge on any atom is -0.493 e. The van der Waals surface area contributed by atoms with E-state index in [0.717, 1.165) is 9.80 Å². The van der Waals surface area contributed by atoms with Crippen molar-refractivity contribution in [1.29, 1.82) is 0 Å². The second-order valence-electron chi connectivity index (χ2n) is 8.75. The van der Waals surface area contributed by atoms with Crippen LogP contribution in [0, 0.1) is 5.82 Å². The average molecular weight is 557 g/mol. The standard InChI is InChI=1S/C31H22ClFN2O5/c1-39-27-18-21(17-26(32)28(27)40-19-20-9-8-10-22(33)15-20)16-25-29(36)34(23-11-4-2-5-12-23)31(38)35(30(25)37)24-13-6-3-7-14-24/h2-18H,19H2,1H3. The largest absolute Gasteiger partial charge is 0.493 e. The van der Waals surface area contributed by atoms with Gasteiger partial charge in [-0.15, -0.1) is 0 Å². The number of rotatable bonds is 7. The van der Waals surface area contributed by atoms with Crippen LogP contribution >= 0.6 is 11.6 Å². The van der Waals surface area contributed by atoms with Gasteiger partial charge in [0.2, 0.25) is 0 Å². The number of hydrogen-bond donors (Lipinski definition) is 0. The predicted octanol–water partition coefficient (Wildman–Crippen LogP) is 6.65. The number of urea groups is 1. The zero-order valence-electron chi connectivity index (χ0n) is 21.2. The Labute approximate surface area is 234 Å². The van der Waals surface area contributed by atoms with E-state index in [0.29, 0.717) is 22.5 Å². The number of amides is 4. The molecule has 0 bridgehead atoms. The molecule has 9 heteroatoms. The molecule has 1 fully saturated rings. The van der Waals surface area contributed by atoms with Crippen molar-refractivity contribution in [1.82, 2.24) is 0 Å². The number of carbonyl (C=O) groups excluding carboxylic acids is 3. The number of carbonyl (C=O) groups is 3. The van der Waals surface area contributed by atoms with Crippen LogP contribution in [0.3, 0.4) is 0 Å². The first-order chi connectivity index (χ1) is 19.4. The molecular weight excluding hydrogens is 535 g/mol. The van der Waals surface area contributed by atoms with E-state index >= 15 is 0 Å². The summed E-state index contributed by atoms with van der Waals surface area (Å²) in [6.45, 7) is 0.0332. The maximum atomic E-state index is 13.6. The van der Waals surface area contributed by atoms with Gasteiger partial charge in [0.1, 0.15) is 18.0 Å². The van der Waals surface area contributed by atoms with Crippen LogP contribution in [-0.4, -0.2) is 25.0 Å². The summed E-state index contributed by atoms with van der Waals surface area (Å²) in [7, 11) is 1.42. The van der Waals surface area contributed by atoms with Gasteiger partial charge in [-0.1, -0.05) is 60.1 Å². The van der Waals surface area contributed by atoms with Gasteiger partial charge in [-0.05, 0) is 65.7 Å². The van der Waals surface area contributed by atoms with Gasteiger partial charge in [0, 0.05) is 0 Å². The van der Waals surface area contributed by atoms with E-state index in [-0.39, 0.29) is 28.7 Å². The van der Waals surface area contributed by atoms with E-state index in [1.807, 2.05) is 0 Å². The fourth-order valence-corrected chi connectivity index (χ4v) is 4.52. The van der Waals surface area contributed by atoms with Crippen LogP contribution in [0.25, 0.3) is 6.08 Å². The van der Waals surface area contributed by atoms with Crippen molar-refractivity contribution in [2.75, 3.05) is 16.9 Å². The van der Waals surface area contributed by atoms with Gasteiger partial charge < -0.3 is 9.47 Å². The summed E-state index contributed by atoms with van der Waals surface area (Å²) in [4.78, 5) is 42.5. The van der Waals surface area contributed by atoms with Crippen molar-refractivity contribution in [3.05, 3.63) is 125 Å². The zero-order valence-corrected chi connectivity index (χ0v) is 22.0. The number of halogens is 2. The molecule has 4 aromatic carbocycles. The highest BCUT2D eigenvalue weighted by atomic mass is 35.5. The molecule has 1 aliphatic heterocycles. The van der Waals surface area contributed by atoms with E-state index < -0.39 is 23.7 Å². The summed E-state index contributed by atoms with van der Waals surface area (Å²) in [5.41, 5.74) is 1.34. The number of imide groups is 2. The smallest absolute Gasteiger partial charge is 0.343 e. The minimum atomic E-state index is -0.791. The first kappa shape index (κ1) is 26.6. The van der Waals surface area contributed by atoms with E-state index in [2.05, 4.69) is 0 Å². The fourth-order valence-electron chi connectivity index (χ4n) is 4.25. The normalized spacial score (nSPS) is 13.5. The lowest BCUT2D eigenvalue weighted by Crippen LogP contribution is -2.57. The number of para-hydroxylation sites is 2. The van der Waals surface area contributed by atoms with E-state index in [1.54, 1.807) is 78.9 Å². The summed E-state index contributed by atoms with van der Waals surface area (Å²) in [6, 6.07) is 24.9. The molecule has 0 spiro atoms. The lowest BCUT2D eigenvalue weighted by atomic mass is 10.0. The summed E-state index contributed by atoms with van der Waals surface area (Å²) in [5.74, 6) is -1.51. The molecule has 7 nitrogen and oxygen atoms in total. The Balaban J connectivity index is 1.54. The van der Waals surface area contributed by atoms with Crippen molar-refractivity contribution in [2.45, 2.75) is 6.61 Å². The average Bonchev–Trinajstić information content (AvgIpc) is 2.96. The SMILES string of the molecule is COc1cc(C=C2C(=O)N(c3ccccc3)C(=O)N(c3ccccc3)C2=O)cc(Cl)c1OCc1cccc(F)c1. The van der Waals surface area contributed by atoms with Gasteiger partial charge in [0.15, 0.2) is 11.5 Å². The number of nitrogens with zero attached hydrogens (tertiary/aromatic N) is 2. The fraction of sp³-hybridized carbons (Fsp3) is 0.0645. The topological polar surface area (TPSA) is 76.2 Å². The van der Waals surface area contributed by atoms with E-state index in [4.69, 9.17) is 21.1 Å². The molecule has 0 aromatic heterocycles. The highest BCUT2D eigenvalue weighted by Gasteiger charge is 2.43. The van der Waals surface area contributed by atoms with Gasteiger partial charge in [-0.2, -0.15) is 0 Å². The molecule has 0 saturated carbocycles. The van der Waals surface area contributed by atoms with Crippen molar-refractivity contribution >= 4 is 46.9 Å². The highest BCUT2D eigenvalue weighted by molar-refractivity contribution is 6.46. The molecule has 0 radical (unpaired) electrons. The first-order valence-electron chi connectivity index (χ1n) is 12.2. The monoisotopic (exact) mass is 556 g/mol. The minimum absolute atomic E-state index is 0.0332. The first-order valence-corrected chi connectivity index (χ1v) is 12.5. The van der Waals surface area contributed by atoms with Crippen LogP contribution in [0.15, 0.2) is 103 Å². The van der Waals surface area contributed by atoms with Crippen LogP contribution in [-0.2, 0) is 16.2 Å². The van der Waals surface area contributed by atoms with Gasteiger partial charge in [0.25, 0.3) is 11.8 Å². The van der Waals surface area contributed by atoms with Crippen LogP contribution in [0.1, 0.15) is 11.1 Å². The van der Waals surface area contributed by atoms with E-state index in [1.165, 1.54) is 31.4 Å². The number of methoxy groups -OCH3 is 1. The zero-order chi connectivity index (χ0) is 28.2. The molecule has 0 atom stereocenters. The molecule has 4 amide bonds. The summed E-state index contributed by atoms with van der Waals surface area (Å²) in [6.07, 6.45) is 1.35. The third-order valence-corrected chi connectivity index (χ3v) is 6.39. The maximum absolute atomic E-state index is 13.6. The Morgan fingerprint density at radius 3 is 1.95 bits per heavy atom. The van der Waals surface area contributed by atoms with Crippen LogP contribution in [0.4, 0.5) is 20.6 Å². The van der Waals surface area contributed by atoms with Crippen molar-refractivity contribution in [3.8, 4) is 11.5 Å². The summed E-state index contributed by atoms with van der Waals surface area (Å²) >= 11 is 6.52. The van der Waals surface area contributed by atoms with E-state index in [9.17, 15) is 18.8 Å². The summed E-state index contributed by atoms with van der Waals surface area (Å²) < 4.78 is 24.8. The van der Waals surface area contributed by atoms with Crippen molar-refractivity contribution < 1.29 is 28.2 Å². The molecule has 200 valence electrons. The Kier molecular flexibility index (Phi) is 7.61. The van der Waals surface area contributed by atoms with Crippen LogP contribution in [0.5, 0.6) is 11.5 Å². The second kappa shape index (κ2) is 11.4. The Morgan fingerprint density at radius 1 is 0.800 bits per heavy atom. The Bertz CT molecular complexity index is 1560. The molecule has 1 saturated heterocycles. The molecule has 1 heterocycles. The van der Waals surface area contributed by atoms with Gasteiger partial charge in [0.05, 0.1) is 23.5 Å². The number of barbiturate groups is 1. The Hall–Kier alpha value is -4.95. The predicted molar refractivity (Wildman–Crippen MR) is 150 cm³/mol. The summed E-state index contributed by atoms with van der Waals surface area (Å²) in [5, 5.41) is 0.147. The van der Waals surface area contributed by atoms with Gasteiger partial charge in [-0.25, -0.2) is 19.0 Å². The maximum Gasteiger partial charge on any atom is 0.343 e. The molecule has 4 aromatic rings. The molecule has 0 unspecified atom stereocenters. The van der Waals surface area contributed by atoms with Crippen LogP contribution in [0.2, 0.25) is 5.02 Å². The van der Waals surface area contributed by atoms with Crippen molar-refractivity contribution in [3.63, 3.8) is 0 Å². The quantitative estimate of drug-likeness (QED) is 0.188. The van der Waals surface area contributed by atoms with Gasteiger partial charge in [-0.3, -0.25) is 9.59 Å². The number of ether oxygens (including phenoxy) is 2. The lowest BCUT2D eigenvalue weighted by molar-refractivity contribution is -0.121. The molecule has 1 aliphatic rings. The number of benzene rings is 4. The molecule has 0 aliphatic carbocycles.